The Morgan fingerprint density at radius 1 is 1.27 bits per heavy atom. The van der Waals surface area contributed by atoms with Crippen molar-refractivity contribution in [1.82, 2.24) is 0 Å². The number of hydrogen-bond acceptors (Lipinski definition) is 1. The molecule has 82 valence electrons. The van der Waals surface area contributed by atoms with E-state index in [0.717, 1.165) is 18.6 Å². The molecule has 1 fully saturated rings. The van der Waals surface area contributed by atoms with Gasteiger partial charge in [0.05, 0.1) is 6.61 Å². The molecule has 1 aliphatic heterocycles. The Morgan fingerprint density at radius 3 is 2.73 bits per heavy atom. The van der Waals surface area contributed by atoms with Gasteiger partial charge in [-0.2, -0.15) is 0 Å². The van der Waals surface area contributed by atoms with Gasteiger partial charge in [-0.05, 0) is 30.0 Å². The van der Waals surface area contributed by atoms with Gasteiger partial charge in [0.2, 0.25) is 0 Å². The van der Waals surface area contributed by atoms with Crippen LogP contribution in [0.2, 0.25) is 0 Å². The van der Waals surface area contributed by atoms with Crippen LogP contribution in [-0.4, -0.2) is 13.2 Å². The van der Waals surface area contributed by atoms with Crippen molar-refractivity contribution in [3.05, 3.63) is 35.4 Å². The van der Waals surface area contributed by atoms with Gasteiger partial charge >= 0.3 is 0 Å². The van der Waals surface area contributed by atoms with Crippen molar-refractivity contribution in [3.63, 3.8) is 0 Å². The van der Waals surface area contributed by atoms with Crippen LogP contribution in [0.3, 0.4) is 0 Å². The standard InChI is InChI=1S/C12H14F2O/c1-8-4-5-15-7-10(8)9-2-3-11(13)12(14)6-9/h2-3,6,8,10H,4-5,7H2,1H3. The molecule has 1 nitrogen and oxygen atoms in total. The van der Waals surface area contributed by atoms with Crippen LogP contribution in [0.5, 0.6) is 0 Å². The van der Waals surface area contributed by atoms with Gasteiger partial charge in [-0.1, -0.05) is 13.0 Å². The molecule has 0 aromatic heterocycles. The Balaban J connectivity index is 2.24. The molecule has 0 N–H and O–H groups in total. The molecular formula is C12H14F2O. The summed E-state index contributed by atoms with van der Waals surface area (Å²) in [7, 11) is 0. The molecule has 0 spiro atoms. The summed E-state index contributed by atoms with van der Waals surface area (Å²) >= 11 is 0. The minimum Gasteiger partial charge on any atom is -0.381 e. The van der Waals surface area contributed by atoms with Crippen molar-refractivity contribution in [2.75, 3.05) is 13.2 Å². The quantitative estimate of drug-likeness (QED) is 0.695. The van der Waals surface area contributed by atoms with Crippen LogP contribution >= 0.6 is 0 Å². The van der Waals surface area contributed by atoms with Gasteiger partial charge in [0, 0.05) is 12.5 Å². The van der Waals surface area contributed by atoms with Gasteiger partial charge in [0.1, 0.15) is 0 Å². The zero-order valence-electron chi connectivity index (χ0n) is 8.67. The third-order valence-corrected chi connectivity index (χ3v) is 3.07. The van der Waals surface area contributed by atoms with E-state index in [2.05, 4.69) is 6.92 Å². The molecule has 1 aromatic rings. The van der Waals surface area contributed by atoms with Crippen molar-refractivity contribution in [3.8, 4) is 0 Å². The number of hydrogen-bond donors (Lipinski definition) is 0. The summed E-state index contributed by atoms with van der Waals surface area (Å²) in [6.07, 6.45) is 0.976. The highest BCUT2D eigenvalue weighted by atomic mass is 19.2. The molecule has 0 aliphatic carbocycles. The van der Waals surface area contributed by atoms with Crippen LogP contribution in [0.15, 0.2) is 18.2 Å². The number of rotatable bonds is 1. The summed E-state index contributed by atoms with van der Waals surface area (Å²) in [6, 6.07) is 4.12. The fourth-order valence-electron chi connectivity index (χ4n) is 2.01. The second-order valence-electron chi connectivity index (χ2n) is 4.12. The Hall–Kier alpha value is -0.960. The zero-order valence-corrected chi connectivity index (χ0v) is 8.67. The summed E-state index contributed by atoms with van der Waals surface area (Å²) in [5.74, 6) is -0.911. The Bertz CT molecular complexity index is 351. The molecular weight excluding hydrogens is 198 g/mol. The zero-order chi connectivity index (χ0) is 10.8. The van der Waals surface area contributed by atoms with E-state index < -0.39 is 11.6 Å². The van der Waals surface area contributed by atoms with E-state index in [1.807, 2.05) is 0 Å². The Morgan fingerprint density at radius 2 is 2.07 bits per heavy atom. The smallest absolute Gasteiger partial charge is 0.159 e. The first-order chi connectivity index (χ1) is 7.18. The van der Waals surface area contributed by atoms with Crippen molar-refractivity contribution in [2.24, 2.45) is 5.92 Å². The lowest BCUT2D eigenvalue weighted by Gasteiger charge is -2.29. The molecule has 2 rings (SSSR count). The van der Waals surface area contributed by atoms with E-state index in [0.29, 0.717) is 12.5 Å². The van der Waals surface area contributed by atoms with Crippen LogP contribution in [0.4, 0.5) is 8.78 Å². The maximum absolute atomic E-state index is 13.0. The average molecular weight is 212 g/mol. The molecule has 0 saturated carbocycles. The topological polar surface area (TPSA) is 9.23 Å². The van der Waals surface area contributed by atoms with E-state index in [9.17, 15) is 8.78 Å². The molecule has 1 aromatic carbocycles. The highest BCUT2D eigenvalue weighted by Gasteiger charge is 2.24. The summed E-state index contributed by atoms with van der Waals surface area (Å²) < 4.78 is 31.2. The van der Waals surface area contributed by atoms with Crippen molar-refractivity contribution < 1.29 is 13.5 Å². The first-order valence-corrected chi connectivity index (χ1v) is 5.21. The number of benzene rings is 1. The predicted octanol–water partition coefficient (Wildman–Crippen LogP) is 3.10. The molecule has 1 heterocycles. The maximum Gasteiger partial charge on any atom is 0.159 e. The van der Waals surface area contributed by atoms with Gasteiger partial charge < -0.3 is 4.74 Å². The van der Waals surface area contributed by atoms with Gasteiger partial charge in [-0.15, -0.1) is 0 Å². The van der Waals surface area contributed by atoms with Gasteiger partial charge in [-0.3, -0.25) is 0 Å². The summed E-state index contributed by atoms with van der Waals surface area (Å²) in [4.78, 5) is 0. The fourth-order valence-corrected chi connectivity index (χ4v) is 2.01. The lowest BCUT2D eigenvalue weighted by molar-refractivity contribution is 0.0522. The molecule has 0 radical (unpaired) electrons. The van der Waals surface area contributed by atoms with Crippen molar-refractivity contribution in [2.45, 2.75) is 19.3 Å². The van der Waals surface area contributed by atoms with Gasteiger partial charge in [-0.25, -0.2) is 8.78 Å². The van der Waals surface area contributed by atoms with E-state index >= 15 is 0 Å². The minimum absolute atomic E-state index is 0.189. The highest BCUT2D eigenvalue weighted by Crippen LogP contribution is 2.31. The molecule has 2 atom stereocenters. The SMILES string of the molecule is CC1CCOCC1c1ccc(F)c(F)c1. The first-order valence-electron chi connectivity index (χ1n) is 5.21. The molecule has 1 aliphatic rings. The van der Waals surface area contributed by atoms with Crippen LogP contribution in [0, 0.1) is 17.6 Å². The van der Waals surface area contributed by atoms with Crippen LogP contribution in [-0.2, 0) is 4.74 Å². The molecule has 2 unspecified atom stereocenters. The van der Waals surface area contributed by atoms with E-state index in [4.69, 9.17) is 4.74 Å². The first kappa shape index (κ1) is 10.6. The van der Waals surface area contributed by atoms with E-state index in [1.165, 1.54) is 12.1 Å². The third kappa shape index (κ3) is 2.17. The summed E-state index contributed by atoms with van der Waals surface area (Å²) in [5.41, 5.74) is 0.834. The fraction of sp³-hybridized carbons (Fsp3) is 0.500. The molecule has 3 heteroatoms. The number of ether oxygens (including phenoxy) is 1. The molecule has 0 bridgehead atoms. The highest BCUT2D eigenvalue weighted by molar-refractivity contribution is 5.22. The Kier molecular flexibility index (Phi) is 3.00. The van der Waals surface area contributed by atoms with Gasteiger partial charge in [0.15, 0.2) is 11.6 Å². The lowest BCUT2D eigenvalue weighted by Crippen LogP contribution is -2.23. The van der Waals surface area contributed by atoms with Crippen LogP contribution in [0.25, 0.3) is 0 Å². The minimum atomic E-state index is -0.789. The molecule has 0 amide bonds. The maximum atomic E-state index is 13.0. The third-order valence-electron chi connectivity index (χ3n) is 3.07. The van der Waals surface area contributed by atoms with Gasteiger partial charge in [0.25, 0.3) is 0 Å². The summed E-state index contributed by atoms with van der Waals surface area (Å²) in [6.45, 7) is 3.49. The lowest BCUT2D eigenvalue weighted by atomic mass is 9.84. The van der Waals surface area contributed by atoms with Crippen molar-refractivity contribution in [1.29, 1.82) is 0 Å². The number of halogens is 2. The second kappa shape index (κ2) is 4.27. The molecule has 1 saturated heterocycles. The second-order valence-corrected chi connectivity index (χ2v) is 4.12. The average Bonchev–Trinajstić information content (AvgIpc) is 2.23. The van der Waals surface area contributed by atoms with E-state index in [-0.39, 0.29) is 5.92 Å². The van der Waals surface area contributed by atoms with Crippen LogP contribution < -0.4 is 0 Å². The largest absolute Gasteiger partial charge is 0.381 e. The monoisotopic (exact) mass is 212 g/mol. The predicted molar refractivity (Wildman–Crippen MR) is 53.7 cm³/mol. The molecule has 15 heavy (non-hydrogen) atoms. The summed E-state index contributed by atoms with van der Waals surface area (Å²) in [5, 5.41) is 0. The van der Waals surface area contributed by atoms with Crippen molar-refractivity contribution >= 4 is 0 Å². The Labute approximate surface area is 88.1 Å². The van der Waals surface area contributed by atoms with E-state index in [1.54, 1.807) is 6.07 Å². The normalized spacial score (nSPS) is 26.6. The van der Waals surface area contributed by atoms with Crippen LogP contribution in [0.1, 0.15) is 24.8 Å².